The zero-order valence-electron chi connectivity index (χ0n) is 13.8. The second-order valence-electron chi connectivity index (χ2n) is 7.40. The Bertz CT molecular complexity index is 422. The zero-order chi connectivity index (χ0) is 16.3. The topological polar surface area (TPSA) is 58.6 Å². The fourth-order valence-corrected chi connectivity index (χ4v) is 3.61. The van der Waals surface area contributed by atoms with E-state index in [0.717, 1.165) is 38.0 Å². The van der Waals surface area contributed by atoms with Crippen molar-refractivity contribution in [1.29, 1.82) is 0 Å². The molecule has 0 radical (unpaired) electrons. The van der Waals surface area contributed by atoms with Crippen LogP contribution in [0.3, 0.4) is 0 Å². The molecule has 1 saturated heterocycles. The number of rotatable bonds is 3. The van der Waals surface area contributed by atoms with Gasteiger partial charge in [-0.15, -0.1) is 0 Å². The molecule has 1 heterocycles. The smallest absolute Gasteiger partial charge is 0.407 e. The fraction of sp³-hybridized carbons (Fsp3) is 0.875. The van der Waals surface area contributed by atoms with Gasteiger partial charge in [0.15, 0.2) is 0 Å². The number of hydrogen-bond acceptors (Lipinski definition) is 4. The summed E-state index contributed by atoms with van der Waals surface area (Å²) in [6.45, 7) is 6.32. The van der Waals surface area contributed by atoms with Crippen molar-refractivity contribution in [2.75, 3.05) is 12.3 Å². The molecule has 2 amide bonds. The van der Waals surface area contributed by atoms with Gasteiger partial charge in [-0.2, -0.15) is 12.6 Å². The number of nitrogens with one attached hydrogen (secondary N) is 1. The van der Waals surface area contributed by atoms with E-state index < -0.39 is 5.60 Å². The summed E-state index contributed by atoms with van der Waals surface area (Å²) in [7, 11) is 0. The second kappa shape index (κ2) is 7.11. The van der Waals surface area contributed by atoms with Crippen LogP contribution in [0.1, 0.15) is 52.9 Å². The monoisotopic (exact) mass is 328 g/mol. The van der Waals surface area contributed by atoms with Crippen LogP contribution in [0, 0.1) is 5.92 Å². The van der Waals surface area contributed by atoms with E-state index in [2.05, 4.69) is 17.9 Å². The van der Waals surface area contributed by atoms with Crippen LogP contribution in [-0.4, -0.2) is 46.9 Å². The summed E-state index contributed by atoms with van der Waals surface area (Å²) in [6, 6.07) is 0.0878. The first-order chi connectivity index (χ1) is 10.3. The Labute approximate surface area is 138 Å². The zero-order valence-corrected chi connectivity index (χ0v) is 14.7. The molecule has 1 N–H and O–H groups in total. The minimum atomic E-state index is -0.505. The minimum absolute atomic E-state index is 0.00813. The lowest BCUT2D eigenvalue weighted by atomic mass is 9.89. The van der Waals surface area contributed by atoms with Gasteiger partial charge >= 0.3 is 6.09 Å². The van der Waals surface area contributed by atoms with E-state index in [1.807, 2.05) is 25.7 Å². The SMILES string of the molecule is CC(C)(C)OC(=O)NC1CCCCC1N1CC(CS)CC1=O. The van der Waals surface area contributed by atoms with Crippen molar-refractivity contribution in [2.24, 2.45) is 5.92 Å². The van der Waals surface area contributed by atoms with Gasteiger partial charge in [-0.1, -0.05) is 12.8 Å². The third kappa shape index (κ3) is 4.54. The van der Waals surface area contributed by atoms with Crippen molar-refractivity contribution in [3.05, 3.63) is 0 Å². The molecule has 0 aromatic heterocycles. The minimum Gasteiger partial charge on any atom is -0.444 e. The summed E-state index contributed by atoms with van der Waals surface area (Å²) in [5, 5.41) is 2.98. The molecular weight excluding hydrogens is 300 g/mol. The fourth-order valence-electron chi connectivity index (χ4n) is 3.36. The van der Waals surface area contributed by atoms with Crippen LogP contribution in [0.25, 0.3) is 0 Å². The van der Waals surface area contributed by atoms with Gasteiger partial charge in [0.05, 0.1) is 12.1 Å². The molecule has 0 spiro atoms. The van der Waals surface area contributed by atoms with E-state index >= 15 is 0 Å². The molecule has 2 rings (SSSR count). The van der Waals surface area contributed by atoms with E-state index in [0.29, 0.717) is 12.3 Å². The highest BCUT2D eigenvalue weighted by molar-refractivity contribution is 7.80. The molecule has 2 fully saturated rings. The maximum atomic E-state index is 12.3. The Morgan fingerprint density at radius 2 is 2.05 bits per heavy atom. The van der Waals surface area contributed by atoms with Crippen LogP contribution in [0.5, 0.6) is 0 Å². The molecule has 0 aromatic rings. The summed E-state index contributed by atoms with van der Waals surface area (Å²) in [6.07, 6.45) is 4.23. The second-order valence-corrected chi connectivity index (χ2v) is 7.77. The highest BCUT2D eigenvalue weighted by Gasteiger charge is 2.39. The Morgan fingerprint density at radius 1 is 1.36 bits per heavy atom. The molecule has 3 atom stereocenters. The van der Waals surface area contributed by atoms with E-state index in [9.17, 15) is 9.59 Å². The number of carbonyl (C=O) groups excluding carboxylic acids is 2. The van der Waals surface area contributed by atoms with E-state index in [1.165, 1.54) is 0 Å². The van der Waals surface area contributed by atoms with Gasteiger partial charge in [0.25, 0.3) is 0 Å². The van der Waals surface area contributed by atoms with Crippen molar-refractivity contribution in [1.82, 2.24) is 10.2 Å². The van der Waals surface area contributed by atoms with Crippen molar-refractivity contribution in [3.63, 3.8) is 0 Å². The summed E-state index contributed by atoms with van der Waals surface area (Å²) in [5.41, 5.74) is -0.505. The molecule has 22 heavy (non-hydrogen) atoms. The Kier molecular flexibility index (Phi) is 5.64. The highest BCUT2D eigenvalue weighted by atomic mass is 32.1. The van der Waals surface area contributed by atoms with Crippen LogP contribution in [-0.2, 0) is 9.53 Å². The standard InChI is InChI=1S/C16H28N2O3S/c1-16(2,3)21-15(20)17-12-6-4-5-7-13(12)18-9-11(10-22)8-14(18)19/h11-13,22H,4-10H2,1-3H3,(H,17,20). The Morgan fingerprint density at radius 3 is 2.64 bits per heavy atom. The molecule has 1 aliphatic heterocycles. The lowest BCUT2D eigenvalue weighted by Gasteiger charge is -2.38. The Balaban J connectivity index is 1.99. The number of alkyl carbamates (subject to hydrolysis) is 1. The van der Waals surface area contributed by atoms with Gasteiger partial charge in [-0.3, -0.25) is 4.79 Å². The van der Waals surface area contributed by atoms with Gasteiger partial charge in [-0.05, 0) is 45.3 Å². The number of thiol groups is 1. The molecule has 126 valence electrons. The summed E-state index contributed by atoms with van der Waals surface area (Å²) >= 11 is 4.32. The van der Waals surface area contributed by atoms with Crippen molar-refractivity contribution in [3.8, 4) is 0 Å². The maximum absolute atomic E-state index is 12.3. The lowest BCUT2D eigenvalue weighted by Crippen LogP contribution is -2.54. The molecule has 5 nitrogen and oxygen atoms in total. The molecule has 6 heteroatoms. The predicted molar refractivity (Wildman–Crippen MR) is 89.1 cm³/mol. The predicted octanol–water partition coefficient (Wildman–Crippen LogP) is 2.60. The summed E-state index contributed by atoms with van der Waals surface area (Å²) < 4.78 is 5.35. The van der Waals surface area contributed by atoms with Crippen LogP contribution in [0.2, 0.25) is 0 Å². The average molecular weight is 328 g/mol. The van der Waals surface area contributed by atoms with Crippen molar-refractivity contribution < 1.29 is 14.3 Å². The van der Waals surface area contributed by atoms with Crippen molar-refractivity contribution in [2.45, 2.75) is 70.6 Å². The molecule has 1 saturated carbocycles. The maximum Gasteiger partial charge on any atom is 0.407 e. The number of carbonyl (C=O) groups is 2. The first-order valence-corrected chi connectivity index (χ1v) is 8.83. The number of hydrogen-bond donors (Lipinski definition) is 2. The molecule has 0 aromatic carbocycles. The van der Waals surface area contributed by atoms with E-state index in [-0.39, 0.29) is 24.1 Å². The van der Waals surface area contributed by atoms with Gasteiger partial charge in [0, 0.05) is 13.0 Å². The normalized spacial score (nSPS) is 29.5. The number of amides is 2. The van der Waals surface area contributed by atoms with Crippen LogP contribution < -0.4 is 5.32 Å². The summed E-state index contributed by atoms with van der Waals surface area (Å²) in [4.78, 5) is 26.3. The molecule has 2 aliphatic rings. The quantitative estimate of drug-likeness (QED) is 0.783. The van der Waals surface area contributed by atoms with E-state index in [4.69, 9.17) is 4.74 Å². The summed E-state index contributed by atoms with van der Waals surface area (Å²) in [5.74, 6) is 1.26. The third-order valence-electron chi connectivity index (χ3n) is 4.33. The molecule has 1 aliphatic carbocycles. The van der Waals surface area contributed by atoms with Gasteiger partial charge in [-0.25, -0.2) is 4.79 Å². The number of nitrogens with zero attached hydrogens (tertiary/aromatic N) is 1. The molecular formula is C16H28N2O3S. The molecule has 3 unspecified atom stereocenters. The molecule has 0 bridgehead atoms. The first-order valence-electron chi connectivity index (χ1n) is 8.20. The first kappa shape index (κ1) is 17.4. The number of likely N-dealkylation sites (tertiary alicyclic amines) is 1. The largest absolute Gasteiger partial charge is 0.444 e. The van der Waals surface area contributed by atoms with Crippen LogP contribution >= 0.6 is 12.6 Å². The average Bonchev–Trinajstić information content (AvgIpc) is 2.78. The van der Waals surface area contributed by atoms with Crippen molar-refractivity contribution >= 4 is 24.6 Å². The lowest BCUT2D eigenvalue weighted by molar-refractivity contribution is -0.130. The highest BCUT2D eigenvalue weighted by Crippen LogP contribution is 2.29. The van der Waals surface area contributed by atoms with Crippen LogP contribution in [0.4, 0.5) is 4.79 Å². The number of ether oxygens (including phenoxy) is 1. The van der Waals surface area contributed by atoms with E-state index in [1.54, 1.807) is 0 Å². The third-order valence-corrected chi connectivity index (χ3v) is 4.85. The van der Waals surface area contributed by atoms with Gasteiger partial charge in [0.1, 0.15) is 5.60 Å². The van der Waals surface area contributed by atoms with Gasteiger partial charge < -0.3 is 15.0 Å². The van der Waals surface area contributed by atoms with Crippen LogP contribution in [0.15, 0.2) is 0 Å². The van der Waals surface area contributed by atoms with Gasteiger partial charge in [0.2, 0.25) is 5.91 Å². The Hall–Kier alpha value is -0.910.